The second kappa shape index (κ2) is 8.55. The van der Waals surface area contributed by atoms with Gasteiger partial charge in [0.15, 0.2) is 5.69 Å². The number of amides is 1. The highest BCUT2D eigenvalue weighted by molar-refractivity contribution is 6.04. The number of benzene rings is 1. The molecule has 152 valence electrons. The van der Waals surface area contributed by atoms with E-state index in [-0.39, 0.29) is 17.4 Å². The van der Waals surface area contributed by atoms with Crippen LogP contribution in [-0.2, 0) is 6.54 Å². The van der Waals surface area contributed by atoms with Gasteiger partial charge in [0.1, 0.15) is 12.2 Å². The van der Waals surface area contributed by atoms with Gasteiger partial charge in [0.2, 0.25) is 0 Å². The number of unbranched alkanes of at least 4 members (excludes halogenated alkanes) is 2. The highest BCUT2D eigenvalue weighted by Gasteiger charge is 2.29. The van der Waals surface area contributed by atoms with Gasteiger partial charge in [-0.25, -0.2) is 9.67 Å². The van der Waals surface area contributed by atoms with Crippen molar-refractivity contribution < 1.29 is 4.79 Å². The number of aromatic nitrogens is 5. The van der Waals surface area contributed by atoms with Crippen molar-refractivity contribution in [1.82, 2.24) is 29.9 Å². The van der Waals surface area contributed by atoms with Gasteiger partial charge >= 0.3 is 0 Å². The minimum absolute atomic E-state index is 0.130. The lowest BCUT2D eigenvalue weighted by Crippen LogP contribution is -2.40. The van der Waals surface area contributed by atoms with Gasteiger partial charge in [-0.15, -0.1) is 0 Å². The van der Waals surface area contributed by atoms with Gasteiger partial charge in [-0.3, -0.25) is 14.7 Å². The van der Waals surface area contributed by atoms with Crippen molar-refractivity contribution in [3.63, 3.8) is 0 Å². The summed E-state index contributed by atoms with van der Waals surface area (Å²) < 4.78 is 1.46. The third-order valence-electron chi connectivity index (χ3n) is 5.57. The number of H-pyrrole nitrogens is 1. The Morgan fingerprint density at radius 1 is 1.24 bits per heavy atom. The summed E-state index contributed by atoms with van der Waals surface area (Å²) in [4.78, 5) is 32.3. The van der Waals surface area contributed by atoms with E-state index >= 15 is 0 Å². The van der Waals surface area contributed by atoms with Crippen LogP contribution in [-0.4, -0.2) is 48.9 Å². The zero-order valence-electron chi connectivity index (χ0n) is 16.7. The van der Waals surface area contributed by atoms with Gasteiger partial charge in [-0.1, -0.05) is 38.0 Å². The molecular weight excluding hydrogens is 368 g/mol. The van der Waals surface area contributed by atoms with E-state index in [1.807, 2.05) is 23.1 Å². The average molecular weight is 394 g/mol. The molecule has 1 saturated heterocycles. The molecule has 0 bridgehead atoms. The highest BCUT2D eigenvalue weighted by Crippen LogP contribution is 2.26. The van der Waals surface area contributed by atoms with Crippen molar-refractivity contribution >= 4 is 16.7 Å². The highest BCUT2D eigenvalue weighted by atomic mass is 16.2. The van der Waals surface area contributed by atoms with E-state index in [1.165, 1.54) is 11.0 Å². The number of fused-ring (bicyclic) bond motifs is 1. The number of aryl methyl sites for hydroxylation is 1. The molecule has 1 atom stereocenters. The van der Waals surface area contributed by atoms with Crippen LogP contribution < -0.4 is 5.56 Å². The Morgan fingerprint density at radius 3 is 2.83 bits per heavy atom. The second-order valence-corrected chi connectivity index (χ2v) is 7.59. The summed E-state index contributed by atoms with van der Waals surface area (Å²) in [5.74, 6) is 0.816. The van der Waals surface area contributed by atoms with Gasteiger partial charge < -0.3 is 4.90 Å². The molecule has 2 aromatic heterocycles. The van der Waals surface area contributed by atoms with Crippen LogP contribution in [0.5, 0.6) is 0 Å². The third-order valence-corrected chi connectivity index (χ3v) is 5.57. The molecule has 0 spiro atoms. The monoisotopic (exact) mass is 394 g/mol. The van der Waals surface area contributed by atoms with Crippen LogP contribution in [0, 0.1) is 0 Å². The molecule has 3 heterocycles. The predicted molar refractivity (Wildman–Crippen MR) is 110 cm³/mol. The average Bonchev–Trinajstić information content (AvgIpc) is 3.30. The number of hydrogen-bond acceptors (Lipinski definition) is 5. The normalized spacial score (nSPS) is 17.0. The Bertz CT molecular complexity index is 1040. The smallest absolute Gasteiger partial charge is 0.274 e. The SMILES string of the molecule is CCCCCn1nc(C(=O)N2CCCC(c3ncn[nH]3)C2)c2ccccc2c1=O. The summed E-state index contributed by atoms with van der Waals surface area (Å²) in [5.41, 5.74) is 0.223. The first-order valence-corrected chi connectivity index (χ1v) is 10.3. The predicted octanol–water partition coefficient (Wildman–Crippen LogP) is 2.72. The number of carbonyl (C=O) groups is 1. The Kier molecular flexibility index (Phi) is 5.69. The van der Waals surface area contributed by atoms with Crippen molar-refractivity contribution in [2.24, 2.45) is 0 Å². The number of nitrogens with one attached hydrogen (secondary N) is 1. The molecule has 3 aromatic rings. The molecule has 8 heteroatoms. The van der Waals surface area contributed by atoms with Crippen molar-refractivity contribution in [2.45, 2.75) is 51.5 Å². The number of nitrogens with zero attached hydrogens (tertiary/aromatic N) is 5. The molecule has 0 radical (unpaired) electrons. The van der Waals surface area contributed by atoms with E-state index in [2.05, 4.69) is 27.2 Å². The molecule has 1 N–H and O–H groups in total. The van der Waals surface area contributed by atoms with Gasteiger partial charge in [0.25, 0.3) is 11.5 Å². The fraction of sp³-hybridized carbons (Fsp3) is 0.476. The van der Waals surface area contributed by atoms with Gasteiger partial charge in [0.05, 0.1) is 5.39 Å². The van der Waals surface area contributed by atoms with E-state index in [0.717, 1.165) is 37.9 Å². The second-order valence-electron chi connectivity index (χ2n) is 7.59. The molecule has 0 aliphatic carbocycles. The first-order valence-electron chi connectivity index (χ1n) is 10.3. The van der Waals surface area contributed by atoms with Gasteiger partial charge in [-0.05, 0) is 25.3 Å². The number of likely N-dealkylation sites (tertiary alicyclic amines) is 1. The molecule has 1 aliphatic heterocycles. The van der Waals surface area contributed by atoms with Crippen LogP contribution in [0.25, 0.3) is 10.8 Å². The maximum Gasteiger partial charge on any atom is 0.274 e. The summed E-state index contributed by atoms with van der Waals surface area (Å²) in [6.45, 7) is 3.89. The molecule has 1 fully saturated rings. The number of carbonyl (C=O) groups excluding carboxylic acids is 1. The van der Waals surface area contributed by atoms with Crippen molar-refractivity contribution in [3.8, 4) is 0 Å². The van der Waals surface area contributed by atoms with Crippen LogP contribution in [0.4, 0.5) is 0 Å². The summed E-state index contributed by atoms with van der Waals surface area (Å²) in [6.07, 6.45) is 6.30. The lowest BCUT2D eigenvalue weighted by atomic mass is 9.97. The van der Waals surface area contributed by atoms with E-state index in [0.29, 0.717) is 36.1 Å². The summed E-state index contributed by atoms with van der Waals surface area (Å²) >= 11 is 0. The summed E-state index contributed by atoms with van der Waals surface area (Å²) in [7, 11) is 0. The van der Waals surface area contributed by atoms with E-state index in [1.54, 1.807) is 6.07 Å². The van der Waals surface area contributed by atoms with Crippen LogP contribution >= 0.6 is 0 Å². The van der Waals surface area contributed by atoms with Crippen molar-refractivity contribution in [2.75, 3.05) is 13.1 Å². The van der Waals surface area contributed by atoms with E-state index < -0.39 is 0 Å². The maximum absolute atomic E-state index is 13.4. The van der Waals surface area contributed by atoms with Gasteiger partial charge in [-0.2, -0.15) is 10.2 Å². The Hall–Kier alpha value is -3.03. The fourth-order valence-corrected chi connectivity index (χ4v) is 4.00. The van der Waals surface area contributed by atoms with Crippen molar-refractivity contribution in [1.29, 1.82) is 0 Å². The Balaban J connectivity index is 1.67. The fourth-order valence-electron chi connectivity index (χ4n) is 4.00. The van der Waals surface area contributed by atoms with Crippen LogP contribution in [0.1, 0.15) is 61.3 Å². The van der Waals surface area contributed by atoms with E-state index in [4.69, 9.17) is 0 Å². The number of rotatable bonds is 6. The third kappa shape index (κ3) is 3.92. The first-order chi connectivity index (χ1) is 14.2. The molecule has 4 rings (SSSR count). The topological polar surface area (TPSA) is 96.8 Å². The molecule has 0 saturated carbocycles. The molecule has 1 unspecified atom stereocenters. The van der Waals surface area contributed by atoms with Crippen molar-refractivity contribution in [3.05, 3.63) is 52.5 Å². The minimum Gasteiger partial charge on any atom is -0.337 e. The van der Waals surface area contributed by atoms with Crippen LogP contribution in [0.15, 0.2) is 35.4 Å². The maximum atomic E-state index is 13.4. The number of aromatic amines is 1. The van der Waals surface area contributed by atoms with E-state index in [9.17, 15) is 9.59 Å². The standard InChI is InChI=1S/C21H26N6O2/c1-2-3-6-12-27-20(28)17-10-5-4-9-16(17)18(25-27)21(29)26-11-7-8-15(13-26)19-22-14-23-24-19/h4-5,9-10,14-15H,2-3,6-8,11-13H2,1H3,(H,22,23,24). The summed E-state index contributed by atoms with van der Waals surface area (Å²) in [5, 5.41) is 12.5. The first kappa shape index (κ1) is 19.3. The largest absolute Gasteiger partial charge is 0.337 e. The van der Waals surface area contributed by atoms with Crippen LogP contribution in [0.3, 0.4) is 0 Å². The molecule has 1 aliphatic rings. The lowest BCUT2D eigenvalue weighted by Gasteiger charge is -2.31. The molecule has 1 aromatic carbocycles. The lowest BCUT2D eigenvalue weighted by molar-refractivity contribution is 0.0698. The van der Waals surface area contributed by atoms with Crippen LogP contribution in [0.2, 0.25) is 0 Å². The molecular formula is C21H26N6O2. The summed E-state index contributed by atoms with van der Waals surface area (Å²) in [6, 6.07) is 7.26. The Morgan fingerprint density at radius 2 is 2.07 bits per heavy atom. The van der Waals surface area contributed by atoms with Gasteiger partial charge in [0, 0.05) is 30.9 Å². The molecule has 1 amide bonds. The zero-order valence-corrected chi connectivity index (χ0v) is 16.7. The Labute approximate surface area is 168 Å². The molecule has 8 nitrogen and oxygen atoms in total. The minimum atomic E-state index is -0.133. The quantitative estimate of drug-likeness (QED) is 0.649. The zero-order chi connectivity index (χ0) is 20.2. The number of hydrogen-bond donors (Lipinski definition) is 1. The molecule has 29 heavy (non-hydrogen) atoms. The number of piperidine rings is 1.